The number of aromatic nitrogens is 1. The second-order valence-electron chi connectivity index (χ2n) is 6.41. The fraction of sp³-hybridized carbons (Fsp3) is 0.300. The highest BCUT2D eigenvalue weighted by Gasteiger charge is 2.24. The van der Waals surface area contributed by atoms with Crippen molar-refractivity contribution in [2.45, 2.75) is 32.2 Å². The first-order valence-electron chi connectivity index (χ1n) is 8.49. The molecule has 1 saturated heterocycles. The van der Waals surface area contributed by atoms with Crippen LogP contribution in [0.4, 0.5) is 0 Å². The molecule has 2 aromatic carbocycles. The number of hydrogen-bond donors (Lipinski definition) is 0. The Bertz CT molecular complexity index is 836. The molecular formula is C20H20N2OS. The standard InChI is InChI=1S/C20H20N2OS/c1-14-6-4-5-13-22(14)20(23)16-11-9-15(10-12-16)19-21-17-7-2-3-8-18(17)24-19/h2-3,7-12,14H,4-6,13H2,1H3/t14-/m0/s1. The number of fused-ring (bicyclic) bond motifs is 1. The molecule has 24 heavy (non-hydrogen) atoms. The first kappa shape index (κ1) is 15.3. The van der Waals surface area contributed by atoms with E-state index in [9.17, 15) is 4.79 Å². The maximum atomic E-state index is 12.7. The van der Waals surface area contributed by atoms with Crippen molar-refractivity contribution < 1.29 is 4.79 Å². The molecule has 1 fully saturated rings. The highest BCUT2D eigenvalue weighted by Crippen LogP contribution is 2.30. The number of carbonyl (C=O) groups is 1. The summed E-state index contributed by atoms with van der Waals surface area (Å²) in [6, 6.07) is 16.4. The van der Waals surface area contributed by atoms with Crippen molar-refractivity contribution in [3.63, 3.8) is 0 Å². The number of likely N-dealkylation sites (tertiary alicyclic amines) is 1. The summed E-state index contributed by atoms with van der Waals surface area (Å²) < 4.78 is 1.19. The van der Waals surface area contributed by atoms with Crippen molar-refractivity contribution >= 4 is 27.5 Å². The Kier molecular flexibility index (Phi) is 4.07. The number of hydrogen-bond acceptors (Lipinski definition) is 3. The monoisotopic (exact) mass is 336 g/mol. The molecule has 4 rings (SSSR count). The molecule has 3 nitrogen and oxygen atoms in total. The van der Waals surface area contributed by atoms with Crippen molar-refractivity contribution in [3.05, 3.63) is 54.1 Å². The molecule has 0 saturated carbocycles. The van der Waals surface area contributed by atoms with Gasteiger partial charge >= 0.3 is 0 Å². The van der Waals surface area contributed by atoms with Crippen LogP contribution in [0.5, 0.6) is 0 Å². The van der Waals surface area contributed by atoms with E-state index in [4.69, 9.17) is 0 Å². The molecule has 3 aromatic rings. The first-order chi connectivity index (χ1) is 11.7. The zero-order valence-corrected chi connectivity index (χ0v) is 14.6. The average Bonchev–Trinajstić information content (AvgIpc) is 3.06. The van der Waals surface area contributed by atoms with Gasteiger partial charge in [-0.05, 0) is 50.5 Å². The molecule has 4 heteroatoms. The van der Waals surface area contributed by atoms with Gasteiger partial charge in [0.1, 0.15) is 5.01 Å². The van der Waals surface area contributed by atoms with E-state index in [1.807, 2.05) is 47.4 Å². The number of carbonyl (C=O) groups excluding carboxylic acids is 1. The number of thiazole rings is 1. The van der Waals surface area contributed by atoms with Gasteiger partial charge in [0, 0.05) is 23.7 Å². The van der Waals surface area contributed by atoms with E-state index in [2.05, 4.69) is 18.0 Å². The van der Waals surface area contributed by atoms with Gasteiger partial charge in [0.05, 0.1) is 10.2 Å². The van der Waals surface area contributed by atoms with E-state index >= 15 is 0 Å². The van der Waals surface area contributed by atoms with Gasteiger partial charge in [-0.15, -0.1) is 11.3 Å². The number of piperidine rings is 1. The lowest BCUT2D eigenvalue weighted by Gasteiger charge is -2.33. The Morgan fingerprint density at radius 1 is 1.12 bits per heavy atom. The third-order valence-corrected chi connectivity index (χ3v) is 5.82. The lowest BCUT2D eigenvalue weighted by Crippen LogP contribution is -2.41. The molecule has 0 N–H and O–H groups in total. The Morgan fingerprint density at radius 2 is 1.92 bits per heavy atom. The summed E-state index contributed by atoms with van der Waals surface area (Å²) in [5.41, 5.74) is 2.87. The van der Waals surface area contributed by atoms with Gasteiger partial charge in [0.25, 0.3) is 5.91 Å². The number of amides is 1. The number of para-hydroxylation sites is 1. The Balaban J connectivity index is 1.59. The van der Waals surface area contributed by atoms with E-state index in [1.54, 1.807) is 11.3 Å². The van der Waals surface area contributed by atoms with Crippen molar-refractivity contribution in [3.8, 4) is 10.6 Å². The van der Waals surface area contributed by atoms with Crippen LogP contribution in [-0.2, 0) is 0 Å². The molecule has 0 radical (unpaired) electrons. The molecule has 0 bridgehead atoms. The van der Waals surface area contributed by atoms with Gasteiger partial charge < -0.3 is 4.90 Å². The van der Waals surface area contributed by atoms with Gasteiger partial charge in [0.15, 0.2) is 0 Å². The first-order valence-corrected chi connectivity index (χ1v) is 9.31. The van der Waals surface area contributed by atoms with E-state index in [-0.39, 0.29) is 5.91 Å². The molecule has 2 heterocycles. The smallest absolute Gasteiger partial charge is 0.254 e. The van der Waals surface area contributed by atoms with Crippen LogP contribution >= 0.6 is 11.3 Å². The minimum Gasteiger partial charge on any atom is -0.336 e. The van der Waals surface area contributed by atoms with Crippen LogP contribution in [0.3, 0.4) is 0 Å². The predicted octanol–water partition coefficient (Wildman–Crippen LogP) is 4.98. The summed E-state index contributed by atoms with van der Waals surface area (Å²) in [5.74, 6) is 0.151. The quantitative estimate of drug-likeness (QED) is 0.661. The second-order valence-corrected chi connectivity index (χ2v) is 7.44. The van der Waals surface area contributed by atoms with Crippen molar-refractivity contribution in [2.75, 3.05) is 6.54 Å². The van der Waals surface area contributed by atoms with Crippen LogP contribution in [0.15, 0.2) is 48.5 Å². The highest BCUT2D eigenvalue weighted by molar-refractivity contribution is 7.21. The number of nitrogens with zero attached hydrogens (tertiary/aromatic N) is 2. The largest absolute Gasteiger partial charge is 0.336 e. The van der Waals surface area contributed by atoms with Crippen molar-refractivity contribution in [1.29, 1.82) is 0 Å². The second kappa shape index (κ2) is 6.36. The van der Waals surface area contributed by atoms with E-state index in [1.165, 1.54) is 11.1 Å². The Hall–Kier alpha value is -2.20. The SMILES string of the molecule is C[C@H]1CCCCN1C(=O)c1ccc(-c2nc3ccccc3s2)cc1. The molecule has 0 unspecified atom stereocenters. The van der Waals surface area contributed by atoms with Crippen LogP contribution in [0.1, 0.15) is 36.5 Å². The van der Waals surface area contributed by atoms with Gasteiger partial charge in [-0.2, -0.15) is 0 Å². The van der Waals surface area contributed by atoms with Crippen LogP contribution in [0.2, 0.25) is 0 Å². The van der Waals surface area contributed by atoms with Crippen molar-refractivity contribution in [1.82, 2.24) is 9.88 Å². The van der Waals surface area contributed by atoms with E-state index in [0.29, 0.717) is 6.04 Å². The molecule has 1 aliphatic heterocycles. The third-order valence-electron chi connectivity index (χ3n) is 4.74. The summed E-state index contributed by atoms with van der Waals surface area (Å²) in [4.78, 5) is 19.4. The van der Waals surface area contributed by atoms with Gasteiger partial charge in [-0.1, -0.05) is 24.3 Å². The fourth-order valence-electron chi connectivity index (χ4n) is 3.32. The zero-order chi connectivity index (χ0) is 16.5. The average molecular weight is 336 g/mol. The van der Waals surface area contributed by atoms with Crippen LogP contribution in [0, 0.1) is 0 Å². The van der Waals surface area contributed by atoms with Gasteiger partial charge in [-0.25, -0.2) is 4.98 Å². The lowest BCUT2D eigenvalue weighted by molar-refractivity contribution is 0.0635. The fourth-order valence-corrected chi connectivity index (χ4v) is 4.29. The summed E-state index contributed by atoms with van der Waals surface area (Å²) >= 11 is 1.69. The maximum Gasteiger partial charge on any atom is 0.254 e. The zero-order valence-electron chi connectivity index (χ0n) is 13.7. The molecule has 1 amide bonds. The summed E-state index contributed by atoms with van der Waals surface area (Å²) in [6.45, 7) is 3.02. The highest BCUT2D eigenvalue weighted by atomic mass is 32.1. The Labute approximate surface area is 146 Å². The third kappa shape index (κ3) is 2.82. The van der Waals surface area contributed by atoms with Gasteiger partial charge in [-0.3, -0.25) is 4.79 Å². The van der Waals surface area contributed by atoms with Crippen LogP contribution in [0.25, 0.3) is 20.8 Å². The Morgan fingerprint density at radius 3 is 2.67 bits per heavy atom. The van der Waals surface area contributed by atoms with E-state index < -0.39 is 0 Å². The topological polar surface area (TPSA) is 33.2 Å². The van der Waals surface area contributed by atoms with E-state index in [0.717, 1.165) is 41.0 Å². The maximum absolute atomic E-state index is 12.7. The minimum atomic E-state index is 0.151. The molecule has 0 aliphatic carbocycles. The summed E-state index contributed by atoms with van der Waals surface area (Å²) in [6.07, 6.45) is 3.44. The van der Waals surface area contributed by atoms with Gasteiger partial charge in [0.2, 0.25) is 0 Å². The summed E-state index contributed by atoms with van der Waals surface area (Å²) in [7, 11) is 0. The minimum absolute atomic E-state index is 0.151. The van der Waals surface area contributed by atoms with Crippen molar-refractivity contribution in [2.24, 2.45) is 0 Å². The predicted molar refractivity (Wildman–Crippen MR) is 99.4 cm³/mol. The molecule has 1 aromatic heterocycles. The molecule has 122 valence electrons. The van der Waals surface area contributed by atoms with Crippen LogP contribution < -0.4 is 0 Å². The molecule has 1 atom stereocenters. The number of rotatable bonds is 2. The molecule has 0 spiro atoms. The number of benzene rings is 2. The normalized spacial score (nSPS) is 18.0. The summed E-state index contributed by atoms with van der Waals surface area (Å²) in [5, 5.41) is 1.00. The molecule has 1 aliphatic rings. The van der Waals surface area contributed by atoms with Crippen LogP contribution in [-0.4, -0.2) is 28.4 Å². The molecular weight excluding hydrogens is 316 g/mol. The lowest BCUT2D eigenvalue weighted by atomic mass is 10.0.